The van der Waals surface area contributed by atoms with Crippen molar-refractivity contribution in [1.29, 1.82) is 0 Å². The van der Waals surface area contributed by atoms with Crippen molar-refractivity contribution in [2.45, 2.75) is 0 Å². The number of hydrogen-bond donors (Lipinski definition) is 2. The lowest BCUT2D eigenvalue weighted by Gasteiger charge is -2.10. The predicted octanol–water partition coefficient (Wildman–Crippen LogP) is 1.46. The molecule has 0 amide bonds. The maximum absolute atomic E-state index is 9.55. The lowest BCUT2D eigenvalue weighted by atomic mass is 10.3. The van der Waals surface area contributed by atoms with Crippen LogP contribution in [0.4, 0.5) is 5.69 Å². The molecule has 0 saturated carbocycles. The first-order valence-electron chi connectivity index (χ1n) is 4.79. The minimum absolute atomic E-state index is 0.558. The molecule has 0 aliphatic carbocycles. The topological polar surface area (TPSA) is 77.8 Å². The molecule has 92 valence electrons. The average molecular weight is 237 g/mol. The molecule has 0 unspecified atom stereocenters. The number of benzene rings is 1. The van der Waals surface area contributed by atoms with Crippen LogP contribution in [0.5, 0.6) is 0 Å². The van der Waals surface area contributed by atoms with Gasteiger partial charge in [-0.1, -0.05) is 18.2 Å². The molecular weight excluding hydrogens is 222 g/mol. The third-order valence-electron chi connectivity index (χ3n) is 1.64. The molecule has 1 rings (SSSR count). The highest BCUT2D eigenvalue weighted by molar-refractivity contribution is 5.89. The second kappa shape index (κ2) is 7.92. The summed E-state index contributed by atoms with van der Waals surface area (Å²) in [6.07, 6.45) is 1.12. The summed E-state index contributed by atoms with van der Waals surface area (Å²) in [4.78, 5) is 21.2. The molecule has 1 aromatic rings. The Hall–Kier alpha value is -2.30. The van der Waals surface area contributed by atoms with Gasteiger partial charge < -0.3 is 15.1 Å². The first-order chi connectivity index (χ1) is 7.93. The molecule has 0 spiro atoms. The van der Waals surface area contributed by atoms with Gasteiger partial charge in [-0.3, -0.25) is 0 Å². The molecular formula is C12H15NO4. The Balaban J connectivity index is 0.000000304. The van der Waals surface area contributed by atoms with Gasteiger partial charge in [0.15, 0.2) is 0 Å². The highest BCUT2D eigenvalue weighted by Crippen LogP contribution is 2.07. The van der Waals surface area contributed by atoms with Gasteiger partial charge in [0, 0.05) is 31.9 Å². The normalized spacial score (nSPS) is 9.29. The number of anilines is 1. The predicted molar refractivity (Wildman–Crippen MR) is 65.2 cm³/mol. The summed E-state index contributed by atoms with van der Waals surface area (Å²) < 4.78 is 0. The van der Waals surface area contributed by atoms with E-state index in [2.05, 4.69) is 17.0 Å². The number of rotatable bonds is 3. The van der Waals surface area contributed by atoms with Crippen molar-refractivity contribution in [3.8, 4) is 0 Å². The van der Waals surface area contributed by atoms with E-state index in [1.54, 1.807) is 0 Å². The fraction of sp³-hybridized carbons (Fsp3) is 0.167. The third kappa shape index (κ3) is 8.68. The molecule has 0 atom stereocenters. The van der Waals surface area contributed by atoms with Crippen molar-refractivity contribution < 1.29 is 19.8 Å². The van der Waals surface area contributed by atoms with Crippen LogP contribution in [-0.4, -0.2) is 36.2 Å². The number of carboxylic acids is 2. The number of carbonyl (C=O) groups is 2. The molecule has 1 aromatic carbocycles. The zero-order chi connectivity index (χ0) is 13.3. The molecule has 0 fully saturated rings. The maximum atomic E-state index is 9.55. The van der Waals surface area contributed by atoms with Crippen molar-refractivity contribution in [2.24, 2.45) is 0 Å². The second-order valence-electron chi connectivity index (χ2n) is 3.24. The fourth-order valence-corrected chi connectivity index (χ4v) is 0.869. The molecule has 0 heterocycles. The fourth-order valence-electron chi connectivity index (χ4n) is 0.869. The highest BCUT2D eigenvalue weighted by atomic mass is 16.4. The van der Waals surface area contributed by atoms with Crippen molar-refractivity contribution in [3.63, 3.8) is 0 Å². The summed E-state index contributed by atoms with van der Waals surface area (Å²) in [6, 6.07) is 10.3. The summed E-state index contributed by atoms with van der Waals surface area (Å²) in [7, 11) is 4.07. The Bertz CT molecular complexity index is 369. The summed E-state index contributed by atoms with van der Waals surface area (Å²) in [5, 5.41) is 15.6. The van der Waals surface area contributed by atoms with E-state index < -0.39 is 11.9 Å². The second-order valence-corrected chi connectivity index (χ2v) is 3.24. The molecule has 0 radical (unpaired) electrons. The Morgan fingerprint density at radius 3 is 1.65 bits per heavy atom. The Labute approximate surface area is 99.6 Å². The number of hydrogen-bond acceptors (Lipinski definition) is 3. The zero-order valence-corrected chi connectivity index (χ0v) is 9.70. The van der Waals surface area contributed by atoms with Gasteiger partial charge in [0.1, 0.15) is 0 Å². The smallest absolute Gasteiger partial charge is 0.328 e. The van der Waals surface area contributed by atoms with E-state index in [1.807, 2.05) is 32.3 Å². The van der Waals surface area contributed by atoms with Crippen LogP contribution in [0.1, 0.15) is 0 Å². The number of para-hydroxylation sites is 1. The van der Waals surface area contributed by atoms with Gasteiger partial charge >= 0.3 is 11.9 Å². The maximum Gasteiger partial charge on any atom is 0.328 e. The molecule has 0 aliphatic heterocycles. The molecule has 17 heavy (non-hydrogen) atoms. The summed E-state index contributed by atoms with van der Waals surface area (Å²) in [6.45, 7) is 0. The van der Waals surface area contributed by atoms with E-state index in [0.29, 0.717) is 12.2 Å². The lowest BCUT2D eigenvalue weighted by Crippen LogP contribution is -2.07. The van der Waals surface area contributed by atoms with Crippen LogP contribution in [0.15, 0.2) is 42.5 Å². The van der Waals surface area contributed by atoms with Gasteiger partial charge in [0.05, 0.1) is 0 Å². The minimum Gasteiger partial charge on any atom is -0.478 e. The highest BCUT2D eigenvalue weighted by Gasteiger charge is 1.88. The molecule has 0 saturated heterocycles. The van der Waals surface area contributed by atoms with Crippen molar-refractivity contribution in [2.75, 3.05) is 19.0 Å². The van der Waals surface area contributed by atoms with Crippen LogP contribution in [-0.2, 0) is 9.59 Å². The van der Waals surface area contributed by atoms with Crippen molar-refractivity contribution >= 4 is 17.6 Å². The van der Waals surface area contributed by atoms with Crippen LogP contribution in [0, 0.1) is 0 Å². The molecule has 0 aliphatic rings. The van der Waals surface area contributed by atoms with Gasteiger partial charge in [-0.2, -0.15) is 0 Å². The Kier molecular flexibility index (Phi) is 6.85. The van der Waals surface area contributed by atoms with E-state index in [4.69, 9.17) is 10.2 Å². The number of carboxylic acid groups (broad SMARTS) is 2. The molecule has 2 N–H and O–H groups in total. The van der Waals surface area contributed by atoms with E-state index in [0.717, 1.165) is 0 Å². The summed E-state index contributed by atoms with van der Waals surface area (Å²) >= 11 is 0. The number of aliphatic carboxylic acids is 2. The van der Waals surface area contributed by atoms with Crippen molar-refractivity contribution in [3.05, 3.63) is 42.5 Å². The van der Waals surface area contributed by atoms with Gasteiger partial charge in [-0.05, 0) is 12.1 Å². The monoisotopic (exact) mass is 237 g/mol. The van der Waals surface area contributed by atoms with Gasteiger partial charge in [0.25, 0.3) is 0 Å². The standard InChI is InChI=1S/C8H11N.C4H4O4/c1-9(2)8-6-4-3-5-7-8;5-3(6)1-2-4(7)8/h3-7H,1-2H3;1-2H,(H,5,6)(H,7,8)/b;2-1+. The summed E-state index contributed by atoms with van der Waals surface area (Å²) in [5.74, 6) is -2.51. The first-order valence-corrected chi connectivity index (χ1v) is 4.79. The van der Waals surface area contributed by atoms with Gasteiger partial charge in [0.2, 0.25) is 0 Å². The number of nitrogens with zero attached hydrogens (tertiary/aromatic N) is 1. The van der Waals surface area contributed by atoms with Crippen molar-refractivity contribution in [1.82, 2.24) is 0 Å². The van der Waals surface area contributed by atoms with Gasteiger partial charge in [-0.15, -0.1) is 0 Å². The van der Waals surface area contributed by atoms with Crippen LogP contribution < -0.4 is 4.90 Å². The van der Waals surface area contributed by atoms with E-state index in [9.17, 15) is 9.59 Å². The molecule has 5 heteroatoms. The van der Waals surface area contributed by atoms with Crippen LogP contribution >= 0.6 is 0 Å². The lowest BCUT2D eigenvalue weighted by molar-refractivity contribution is -0.134. The minimum atomic E-state index is -1.26. The van der Waals surface area contributed by atoms with Gasteiger partial charge in [-0.25, -0.2) is 9.59 Å². The Morgan fingerprint density at radius 1 is 1.00 bits per heavy atom. The Morgan fingerprint density at radius 2 is 1.41 bits per heavy atom. The SMILES string of the molecule is CN(C)c1ccccc1.O=C(O)/C=C/C(=O)O. The van der Waals surface area contributed by atoms with Crippen LogP contribution in [0.25, 0.3) is 0 Å². The molecule has 0 aromatic heterocycles. The first kappa shape index (κ1) is 14.7. The van der Waals surface area contributed by atoms with Crippen LogP contribution in [0.3, 0.4) is 0 Å². The molecule has 0 bridgehead atoms. The zero-order valence-electron chi connectivity index (χ0n) is 9.70. The van der Waals surface area contributed by atoms with E-state index in [1.165, 1.54) is 5.69 Å². The summed E-state index contributed by atoms with van der Waals surface area (Å²) in [5.41, 5.74) is 1.25. The van der Waals surface area contributed by atoms with E-state index >= 15 is 0 Å². The quantitative estimate of drug-likeness (QED) is 0.778. The van der Waals surface area contributed by atoms with E-state index in [-0.39, 0.29) is 0 Å². The average Bonchev–Trinajstić information content (AvgIpc) is 2.28. The largest absolute Gasteiger partial charge is 0.478 e. The molecule has 5 nitrogen and oxygen atoms in total. The third-order valence-corrected chi connectivity index (χ3v) is 1.64. The van der Waals surface area contributed by atoms with Crippen LogP contribution in [0.2, 0.25) is 0 Å².